The van der Waals surface area contributed by atoms with Gasteiger partial charge in [-0.25, -0.2) is 0 Å². The summed E-state index contributed by atoms with van der Waals surface area (Å²) in [7, 11) is 0. The van der Waals surface area contributed by atoms with Gasteiger partial charge in [0, 0.05) is 5.56 Å². The van der Waals surface area contributed by atoms with E-state index in [1.807, 2.05) is 32.0 Å². The number of carbonyl (C=O) groups excluding carboxylic acids is 1. The smallest absolute Gasteiger partial charge is 0.150 e. The molecule has 0 aliphatic carbocycles. The van der Waals surface area contributed by atoms with E-state index in [4.69, 9.17) is 0 Å². The van der Waals surface area contributed by atoms with Gasteiger partial charge in [-0.3, -0.25) is 4.79 Å². The number of aldehydes is 1. The van der Waals surface area contributed by atoms with Crippen molar-refractivity contribution in [2.45, 2.75) is 21.3 Å². The van der Waals surface area contributed by atoms with Crippen LogP contribution in [0, 0.1) is 13.8 Å². The van der Waals surface area contributed by atoms with E-state index < -0.39 is 0 Å². The van der Waals surface area contributed by atoms with Crippen LogP contribution in [-0.2, 0) is 0 Å². The standard InChI is InChI=1S/C9H10O.CH4/c1-7-3-8(2)5-9(4-7)6-10;/h3-6H,1-2H3;1H4. The van der Waals surface area contributed by atoms with E-state index in [2.05, 4.69) is 0 Å². The van der Waals surface area contributed by atoms with Crippen molar-refractivity contribution in [1.82, 2.24) is 0 Å². The fourth-order valence-corrected chi connectivity index (χ4v) is 1.08. The first kappa shape index (κ1) is 9.89. The Morgan fingerprint density at radius 1 is 1.09 bits per heavy atom. The summed E-state index contributed by atoms with van der Waals surface area (Å²) in [6.07, 6.45) is 0.875. The molecule has 1 aromatic rings. The summed E-state index contributed by atoms with van der Waals surface area (Å²) in [6.45, 7) is 3.97. The van der Waals surface area contributed by atoms with Gasteiger partial charge in [0.15, 0.2) is 0 Å². The second-order valence-electron chi connectivity index (χ2n) is 2.54. The fraction of sp³-hybridized carbons (Fsp3) is 0.300. The lowest BCUT2D eigenvalue weighted by molar-refractivity contribution is 0.112. The van der Waals surface area contributed by atoms with Crippen molar-refractivity contribution < 1.29 is 4.79 Å². The van der Waals surface area contributed by atoms with Crippen molar-refractivity contribution >= 4 is 6.29 Å². The van der Waals surface area contributed by atoms with E-state index >= 15 is 0 Å². The molecule has 1 nitrogen and oxygen atoms in total. The molecule has 0 aromatic heterocycles. The molecule has 0 aliphatic rings. The van der Waals surface area contributed by atoms with Gasteiger partial charge < -0.3 is 0 Å². The lowest BCUT2D eigenvalue weighted by atomic mass is 10.1. The Bertz CT molecular complexity index is 231. The molecule has 0 saturated carbocycles. The summed E-state index contributed by atoms with van der Waals surface area (Å²) in [4.78, 5) is 10.3. The van der Waals surface area contributed by atoms with Crippen LogP contribution in [0.2, 0.25) is 0 Å². The molecule has 0 N–H and O–H groups in total. The van der Waals surface area contributed by atoms with Crippen LogP contribution in [-0.4, -0.2) is 6.29 Å². The molecule has 1 rings (SSSR count). The zero-order chi connectivity index (χ0) is 7.56. The van der Waals surface area contributed by atoms with Crippen LogP contribution in [0.3, 0.4) is 0 Å². The van der Waals surface area contributed by atoms with Crippen molar-refractivity contribution in [3.05, 3.63) is 34.9 Å². The molecule has 0 spiro atoms. The average molecular weight is 150 g/mol. The zero-order valence-electron chi connectivity index (χ0n) is 6.22. The monoisotopic (exact) mass is 150 g/mol. The lowest BCUT2D eigenvalue weighted by Crippen LogP contribution is -1.83. The average Bonchev–Trinajstić information content (AvgIpc) is 1.85. The van der Waals surface area contributed by atoms with Crippen molar-refractivity contribution in [2.75, 3.05) is 0 Å². The van der Waals surface area contributed by atoms with Gasteiger partial charge in [0.1, 0.15) is 6.29 Å². The van der Waals surface area contributed by atoms with Crippen molar-refractivity contribution in [1.29, 1.82) is 0 Å². The first-order chi connectivity index (χ1) is 4.72. The van der Waals surface area contributed by atoms with Crippen LogP contribution in [0.1, 0.15) is 28.9 Å². The Labute approximate surface area is 68.1 Å². The molecular formula is C10H14O. The van der Waals surface area contributed by atoms with Crippen LogP contribution in [0.4, 0.5) is 0 Å². The van der Waals surface area contributed by atoms with Gasteiger partial charge in [0.2, 0.25) is 0 Å². The highest BCUT2D eigenvalue weighted by Gasteiger charge is 1.91. The molecule has 11 heavy (non-hydrogen) atoms. The predicted octanol–water partition coefficient (Wildman–Crippen LogP) is 2.75. The summed E-state index contributed by atoms with van der Waals surface area (Å²) in [5, 5.41) is 0. The summed E-state index contributed by atoms with van der Waals surface area (Å²) in [5.74, 6) is 0. The first-order valence-corrected chi connectivity index (χ1v) is 3.26. The fourth-order valence-electron chi connectivity index (χ4n) is 1.08. The largest absolute Gasteiger partial charge is 0.298 e. The molecule has 0 saturated heterocycles. The Hall–Kier alpha value is -1.11. The third-order valence-electron chi connectivity index (χ3n) is 1.38. The Morgan fingerprint density at radius 3 is 1.91 bits per heavy atom. The molecular weight excluding hydrogens is 136 g/mol. The van der Waals surface area contributed by atoms with Crippen molar-refractivity contribution in [2.24, 2.45) is 0 Å². The van der Waals surface area contributed by atoms with E-state index in [0.717, 1.165) is 23.0 Å². The highest BCUT2D eigenvalue weighted by molar-refractivity contribution is 5.75. The molecule has 1 aromatic carbocycles. The van der Waals surface area contributed by atoms with E-state index in [1.54, 1.807) is 0 Å². The van der Waals surface area contributed by atoms with Crippen LogP contribution < -0.4 is 0 Å². The second-order valence-corrected chi connectivity index (χ2v) is 2.54. The Balaban J connectivity index is 0.000001000. The number of hydrogen-bond acceptors (Lipinski definition) is 1. The van der Waals surface area contributed by atoms with E-state index in [9.17, 15) is 4.79 Å². The molecule has 0 unspecified atom stereocenters. The van der Waals surface area contributed by atoms with Gasteiger partial charge in [0.25, 0.3) is 0 Å². The number of aryl methyl sites for hydroxylation is 2. The first-order valence-electron chi connectivity index (χ1n) is 3.26. The third-order valence-corrected chi connectivity index (χ3v) is 1.38. The summed E-state index contributed by atoms with van der Waals surface area (Å²) < 4.78 is 0. The van der Waals surface area contributed by atoms with Gasteiger partial charge in [-0.05, 0) is 26.0 Å². The molecule has 0 radical (unpaired) electrons. The molecule has 0 aliphatic heterocycles. The van der Waals surface area contributed by atoms with Crippen molar-refractivity contribution in [3.8, 4) is 0 Å². The minimum atomic E-state index is 0. The summed E-state index contributed by atoms with van der Waals surface area (Å²) >= 11 is 0. The minimum absolute atomic E-state index is 0. The van der Waals surface area contributed by atoms with Crippen LogP contribution in [0.25, 0.3) is 0 Å². The summed E-state index contributed by atoms with van der Waals surface area (Å²) in [6, 6.07) is 5.80. The van der Waals surface area contributed by atoms with Crippen LogP contribution in [0.15, 0.2) is 18.2 Å². The van der Waals surface area contributed by atoms with Crippen LogP contribution >= 0.6 is 0 Å². The predicted molar refractivity (Wildman–Crippen MR) is 48.0 cm³/mol. The quantitative estimate of drug-likeness (QED) is 0.562. The highest BCUT2D eigenvalue weighted by Crippen LogP contribution is 2.05. The van der Waals surface area contributed by atoms with Gasteiger partial charge in [-0.2, -0.15) is 0 Å². The summed E-state index contributed by atoms with van der Waals surface area (Å²) in [5.41, 5.74) is 3.04. The van der Waals surface area contributed by atoms with Crippen molar-refractivity contribution in [3.63, 3.8) is 0 Å². The highest BCUT2D eigenvalue weighted by atomic mass is 16.1. The van der Waals surface area contributed by atoms with Crippen LogP contribution in [0.5, 0.6) is 0 Å². The zero-order valence-corrected chi connectivity index (χ0v) is 6.22. The number of hydrogen-bond donors (Lipinski definition) is 0. The molecule has 0 amide bonds. The van der Waals surface area contributed by atoms with Gasteiger partial charge in [0.05, 0.1) is 0 Å². The maximum atomic E-state index is 10.3. The number of benzene rings is 1. The maximum Gasteiger partial charge on any atom is 0.150 e. The molecule has 1 heteroatoms. The maximum absolute atomic E-state index is 10.3. The molecule has 0 heterocycles. The van der Waals surface area contributed by atoms with E-state index in [-0.39, 0.29) is 7.43 Å². The van der Waals surface area contributed by atoms with Gasteiger partial charge in [-0.1, -0.05) is 24.6 Å². The van der Waals surface area contributed by atoms with Gasteiger partial charge >= 0.3 is 0 Å². The topological polar surface area (TPSA) is 17.1 Å². The SMILES string of the molecule is C.Cc1cc(C)cc(C=O)c1. The lowest BCUT2D eigenvalue weighted by Gasteiger charge is -1.96. The number of rotatable bonds is 1. The van der Waals surface area contributed by atoms with Gasteiger partial charge in [-0.15, -0.1) is 0 Å². The Kier molecular flexibility index (Phi) is 3.52. The molecule has 0 atom stereocenters. The molecule has 0 fully saturated rings. The number of carbonyl (C=O) groups is 1. The minimum Gasteiger partial charge on any atom is -0.298 e. The van der Waals surface area contributed by atoms with E-state index in [1.165, 1.54) is 0 Å². The van der Waals surface area contributed by atoms with E-state index in [0.29, 0.717) is 0 Å². The third kappa shape index (κ3) is 2.54. The molecule has 60 valence electrons. The Morgan fingerprint density at radius 2 is 1.55 bits per heavy atom. The molecule has 0 bridgehead atoms. The second kappa shape index (κ2) is 3.91. The normalized spacial score (nSPS) is 8.55.